The Morgan fingerprint density at radius 3 is 2.21 bits per heavy atom. The number of nitrogens with two attached hydrogens (primary N) is 1. The van der Waals surface area contributed by atoms with E-state index in [1.807, 2.05) is 6.92 Å². The number of rotatable bonds is 9. The van der Waals surface area contributed by atoms with E-state index in [1.165, 1.54) is 5.69 Å². The van der Waals surface area contributed by atoms with Crippen LogP contribution in [0.5, 0.6) is 0 Å². The van der Waals surface area contributed by atoms with Gasteiger partial charge in [-0.25, -0.2) is 0 Å². The second-order valence-corrected chi connectivity index (χ2v) is 4.71. The molecule has 4 nitrogen and oxygen atoms in total. The average molecular weight is 266 g/mol. The number of hydrogen-bond acceptors (Lipinski definition) is 4. The lowest BCUT2D eigenvalue weighted by atomic mass is 10.1. The largest absolute Gasteiger partial charge is 0.385 e. The van der Waals surface area contributed by atoms with Gasteiger partial charge in [0, 0.05) is 45.6 Å². The summed E-state index contributed by atoms with van der Waals surface area (Å²) in [5.41, 5.74) is 8.23. The van der Waals surface area contributed by atoms with Gasteiger partial charge in [0.05, 0.1) is 6.61 Å². The molecule has 4 heteroatoms. The van der Waals surface area contributed by atoms with Gasteiger partial charge in [-0.3, -0.25) is 0 Å². The zero-order chi connectivity index (χ0) is 14.1. The van der Waals surface area contributed by atoms with Crippen molar-refractivity contribution in [2.45, 2.75) is 19.4 Å². The van der Waals surface area contributed by atoms with Crippen molar-refractivity contribution in [1.29, 1.82) is 0 Å². The lowest BCUT2D eigenvalue weighted by Crippen LogP contribution is -2.29. The summed E-state index contributed by atoms with van der Waals surface area (Å²) in [7, 11) is 3.46. The van der Waals surface area contributed by atoms with Crippen molar-refractivity contribution in [2.75, 3.05) is 45.4 Å². The van der Waals surface area contributed by atoms with Crippen LogP contribution in [0, 0.1) is 0 Å². The van der Waals surface area contributed by atoms with Crippen molar-refractivity contribution in [3.05, 3.63) is 29.8 Å². The molecule has 0 amide bonds. The number of nitrogens with zero attached hydrogens (tertiary/aromatic N) is 1. The molecule has 19 heavy (non-hydrogen) atoms. The summed E-state index contributed by atoms with van der Waals surface area (Å²) in [6.07, 6.45) is 1.01. The highest BCUT2D eigenvalue weighted by Crippen LogP contribution is 2.18. The molecule has 1 aromatic rings. The van der Waals surface area contributed by atoms with E-state index in [-0.39, 0.29) is 6.04 Å². The molecule has 1 aromatic carbocycles. The van der Waals surface area contributed by atoms with Crippen LogP contribution in [0.15, 0.2) is 24.3 Å². The summed E-state index contributed by atoms with van der Waals surface area (Å²) in [6, 6.07) is 8.52. The smallest absolute Gasteiger partial charge is 0.0637 e. The Kier molecular flexibility index (Phi) is 7.48. The summed E-state index contributed by atoms with van der Waals surface area (Å²) in [5, 5.41) is 0. The van der Waals surface area contributed by atoms with Crippen LogP contribution < -0.4 is 10.6 Å². The molecule has 108 valence electrons. The molecular weight excluding hydrogens is 240 g/mol. The topological polar surface area (TPSA) is 47.7 Å². The van der Waals surface area contributed by atoms with E-state index in [0.717, 1.165) is 38.3 Å². The Morgan fingerprint density at radius 2 is 1.68 bits per heavy atom. The molecule has 1 atom stereocenters. The first kappa shape index (κ1) is 16.0. The summed E-state index contributed by atoms with van der Waals surface area (Å²) in [6.45, 7) is 5.35. The number of anilines is 1. The minimum atomic E-state index is 0.0787. The maximum absolute atomic E-state index is 5.87. The molecule has 0 aliphatic rings. The maximum atomic E-state index is 5.87. The molecule has 0 aromatic heterocycles. The third-order valence-corrected chi connectivity index (χ3v) is 3.13. The van der Waals surface area contributed by atoms with Crippen LogP contribution in [0.1, 0.15) is 24.9 Å². The normalized spacial score (nSPS) is 12.4. The Labute approximate surface area is 116 Å². The average Bonchev–Trinajstić information content (AvgIpc) is 2.43. The van der Waals surface area contributed by atoms with Crippen molar-refractivity contribution in [2.24, 2.45) is 5.73 Å². The van der Waals surface area contributed by atoms with Crippen LogP contribution in [0.25, 0.3) is 0 Å². The SMILES string of the molecule is COCCCN(CCOC)c1ccc([C@H](C)N)cc1. The van der Waals surface area contributed by atoms with Gasteiger partial charge in [-0.05, 0) is 31.0 Å². The summed E-state index contributed by atoms with van der Waals surface area (Å²) >= 11 is 0. The molecular formula is C15H26N2O2. The van der Waals surface area contributed by atoms with Crippen LogP contribution >= 0.6 is 0 Å². The number of ether oxygens (including phenoxy) is 2. The van der Waals surface area contributed by atoms with E-state index >= 15 is 0 Å². The molecule has 0 aliphatic heterocycles. The van der Waals surface area contributed by atoms with Crippen LogP contribution in [0.4, 0.5) is 5.69 Å². The van der Waals surface area contributed by atoms with E-state index in [2.05, 4.69) is 29.2 Å². The first-order chi connectivity index (χ1) is 9.19. The summed E-state index contributed by atoms with van der Waals surface area (Å²) in [5.74, 6) is 0. The van der Waals surface area contributed by atoms with Gasteiger partial charge in [0.25, 0.3) is 0 Å². The Balaban J connectivity index is 2.66. The van der Waals surface area contributed by atoms with Crippen LogP contribution in [-0.2, 0) is 9.47 Å². The van der Waals surface area contributed by atoms with Gasteiger partial charge < -0.3 is 20.1 Å². The first-order valence-electron chi connectivity index (χ1n) is 6.77. The Hall–Kier alpha value is -1.10. The van der Waals surface area contributed by atoms with Crippen molar-refractivity contribution >= 4 is 5.69 Å². The fourth-order valence-electron chi connectivity index (χ4n) is 1.96. The van der Waals surface area contributed by atoms with Crippen molar-refractivity contribution in [3.8, 4) is 0 Å². The van der Waals surface area contributed by atoms with Gasteiger partial charge in [-0.2, -0.15) is 0 Å². The molecule has 0 radical (unpaired) electrons. The third-order valence-electron chi connectivity index (χ3n) is 3.13. The van der Waals surface area contributed by atoms with Crippen LogP contribution in [0.2, 0.25) is 0 Å². The fraction of sp³-hybridized carbons (Fsp3) is 0.600. The number of benzene rings is 1. The van der Waals surface area contributed by atoms with Crippen molar-refractivity contribution in [1.82, 2.24) is 0 Å². The summed E-state index contributed by atoms with van der Waals surface area (Å²) < 4.78 is 10.3. The molecule has 0 unspecified atom stereocenters. The molecule has 2 N–H and O–H groups in total. The van der Waals surface area contributed by atoms with Crippen LogP contribution in [-0.4, -0.2) is 40.5 Å². The molecule has 0 aliphatic carbocycles. The predicted octanol–water partition coefficient (Wildman–Crippen LogP) is 2.20. The van der Waals surface area contributed by atoms with Gasteiger partial charge in [-0.1, -0.05) is 12.1 Å². The number of methoxy groups -OCH3 is 2. The van der Waals surface area contributed by atoms with Crippen LogP contribution in [0.3, 0.4) is 0 Å². The highest BCUT2D eigenvalue weighted by Gasteiger charge is 2.07. The molecule has 0 fully saturated rings. The zero-order valence-corrected chi connectivity index (χ0v) is 12.3. The molecule has 0 spiro atoms. The van der Waals surface area contributed by atoms with Crippen molar-refractivity contribution < 1.29 is 9.47 Å². The van der Waals surface area contributed by atoms with Gasteiger partial charge in [0.2, 0.25) is 0 Å². The van der Waals surface area contributed by atoms with Gasteiger partial charge >= 0.3 is 0 Å². The van der Waals surface area contributed by atoms with Gasteiger partial charge in [-0.15, -0.1) is 0 Å². The van der Waals surface area contributed by atoms with E-state index in [4.69, 9.17) is 15.2 Å². The fourth-order valence-corrected chi connectivity index (χ4v) is 1.96. The predicted molar refractivity (Wildman–Crippen MR) is 79.6 cm³/mol. The van der Waals surface area contributed by atoms with E-state index < -0.39 is 0 Å². The third kappa shape index (κ3) is 5.59. The first-order valence-corrected chi connectivity index (χ1v) is 6.77. The molecule has 0 saturated carbocycles. The second-order valence-electron chi connectivity index (χ2n) is 4.71. The Bertz CT molecular complexity index is 339. The Morgan fingerprint density at radius 1 is 1.05 bits per heavy atom. The van der Waals surface area contributed by atoms with Gasteiger partial charge in [0.1, 0.15) is 0 Å². The molecule has 1 rings (SSSR count). The lowest BCUT2D eigenvalue weighted by molar-refractivity contribution is 0.191. The molecule has 0 heterocycles. The quantitative estimate of drug-likeness (QED) is 0.696. The zero-order valence-electron chi connectivity index (χ0n) is 12.3. The van der Waals surface area contributed by atoms with E-state index in [1.54, 1.807) is 14.2 Å². The molecule has 0 bridgehead atoms. The minimum absolute atomic E-state index is 0.0787. The molecule has 0 saturated heterocycles. The number of hydrogen-bond donors (Lipinski definition) is 1. The summed E-state index contributed by atoms with van der Waals surface area (Å²) in [4.78, 5) is 2.31. The van der Waals surface area contributed by atoms with Crippen molar-refractivity contribution in [3.63, 3.8) is 0 Å². The van der Waals surface area contributed by atoms with E-state index in [9.17, 15) is 0 Å². The minimum Gasteiger partial charge on any atom is -0.385 e. The lowest BCUT2D eigenvalue weighted by Gasteiger charge is -2.25. The standard InChI is InChI=1S/C15H26N2O2/c1-13(16)14-5-7-15(8-6-14)17(10-12-19-3)9-4-11-18-2/h5-8,13H,4,9-12,16H2,1-3H3/t13-/m0/s1. The highest BCUT2D eigenvalue weighted by molar-refractivity contribution is 5.48. The van der Waals surface area contributed by atoms with Gasteiger partial charge in [0.15, 0.2) is 0 Å². The second kappa shape index (κ2) is 8.91. The maximum Gasteiger partial charge on any atom is 0.0637 e. The van der Waals surface area contributed by atoms with E-state index in [0.29, 0.717) is 0 Å². The highest BCUT2D eigenvalue weighted by atomic mass is 16.5. The monoisotopic (exact) mass is 266 g/mol.